The second-order valence-electron chi connectivity index (χ2n) is 8.42. The molecule has 4 rings (SSSR count). The molecule has 138 valence electrons. The average molecular weight is 348 g/mol. The quantitative estimate of drug-likeness (QED) is 0.754. The Labute approximate surface area is 148 Å². The van der Waals surface area contributed by atoms with Gasteiger partial charge in [-0.15, -0.1) is 5.10 Å². The standard InChI is InChI=1S/C18H28N4O3/c1-12-21-22-16(25-12)20-14-9-17(10-14)7-3-13(4-8-17)19-15(24)18(11-23)5-2-6-18/h13-14,23H,2-11H2,1H3,(H,19,24)(H,20,22). The van der Waals surface area contributed by atoms with Crippen LogP contribution in [0, 0.1) is 17.8 Å². The summed E-state index contributed by atoms with van der Waals surface area (Å²) in [6.07, 6.45) is 9.37. The van der Waals surface area contributed by atoms with Crippen LogP contribution in [0.15, 0.2) is 4.42 Å². The molecule has 1 heterocycles. The molecular formula is C18H28N4O3. The van der Waals surface area contributed by atoms with Crippen LogP contribution < -0.4 is 10.6 Å². The summed E-state index contributed by atoms with van der Waals surface area (Å²) in [4.78, 5) is 12.4. The molecule has 1 aromatic rings. The summed E-state index contributed by atoms with van der Waals surface area (Å²) in [6, 6.07) is 1.21. The number of aryl methyl sites for hydroxylation is 1. The summed E-state index contributed by atoms with van der Waals surface area (Å²) in [7, 11) is 0. The SMILES string of the molecule is Cc1nnc(NC2CC3(CCC(NC(=O)C4(CO)CCC4)CC3)C2)o1. The van der Waals surface area contributed by atoms with Crippen molar-refractivity contribution in [2.24, 2.45) is 10.8 Å². The average Bonchev–Trinajstić information content (AvgIpc) is 2.92. The van der Waals surface area contributed by atoms with Crippen molar-refractivity contribution >= 4 is 11.9 Å². The number of hydrogen-bond donors (Lipinski definition) is 3. The maximum atomic E-state index is 12.4. The van der Waals surface area contributed by atoms with Gasteiger partial charge in [-0.3, -0.25) is 4.79 Å². The third kappa shape index (κ3) is 3.14. The minimum absolute atomic E-state index is 0.0159. The van der Waals surface area contributed by atoms with Crippen molar-refractivity contribution in [2.75, 3.05) is 11.9 Å². The fraction of sp³-hybridized carbons (Fsp3) is 0.833. The zero-order chi connectivity index (χ0) is 17.5. The largest absolute Gasteiger partial charge is 0.408 e. The summed E-state index contributed by atoms with van der Waals surface area (Å²) in [6.45, 7) is 1.78. The van der Waals surface area contributed by atoms with Gasteiger partial charge in [0.05, 0.1) is 12.0 Å². The molecule has 7 heteroatoms. The van der Waals surface area contributed by atoms with Crippen LogP contribution in [0.2, 0.25) is 0 Å². The minimum atomic E-state index is -0.483. The molecule has 3 saturated carbocycles. The Morgan fingerprint density at radius 2 is 1.92 bits per heavy atom. The summed E-state index contributed by atoms with van der Waals surface area (Å²) in [5.41, 5.74) is -0.0675. The van der Waals surface area contributed by atoms with Gasteiger partial charge in [0.2, 0.25) is 11.8 Å². The number of aliphatic hydroxyl groups is 1. The van der Waals surface area contributed by atoms with Crippen LogP contribution >= 0.6 is 0 Å². The van der Waals surface area contributed by atoms with Crippen molar-refractivity contribution in [1.29, 1.82) is 0 Å². The highest BCUT2D eigenvalue weighted by Crippen LogP contribution is 2.52. The second kappa shape index (κ2) is 6.27. The van der Waals surface area contributed by atoms with Gasteiger partial charge in [0.25, 0.3) is 0 Å². The van der Waals surface area contributed by atoms with Gasteiger partial charge in [0, 0.05) is 19.0 Å². The van der Waals surface area contributed by atoms with E-state index in [-0.39, 0.29) is 18.6 Å². The molecule has 0 atom stereocenters. The van der Waals surface area contributed by atoms with Gasteiger partial charge >= 0.3 is 6.01 Å². The molecule has 25 heavy (non-hydrogen) atoms. The van der Waals surface area contributed by atoms with Crippen LogP contribution in [0.4, 0.5) is 6.01 Å². The van der Waals surface area contributed by atoms with Crippen molar-refractivity contribution in [3.8, 4) is 0 Å². The van der Waals surface area contributed by atoms with E-state index in [1.807, 2.05) is 0 Å². The molecule has 3 N–H and O–H groups in total. The predicted molar refractivity (Wildman–Crippen MR) is 91.9 cm³/mol. The van der Waals surface area contributed by atoms with E-state index in [4.69, 9.17) is 4.42 Å². The summed E-state index contributed by atoms with van der Waals surface area (Å²) >= 11 is 0. The van der Waals surface area contributed by atoms with Gasteiger partial charge in [-0.2, -0.15) is 0 Å². The van der Waals surface area contributed by atoms with E-state index in [1.54, 1.807) is 6.92 Å². The number of carbonyl (C=O) groups is 1. The lowest BCUT2D eigenvalue weighted by Gasteiger charge is -2.52. The molecule has 0 aromatic carbocycles. The van der Waals surface area contributed by atoms with E-state index in [9.17, 15) is 9.90 Å². The molecule has 1 amide bonds. The molecule has 7 nitrogen and oxygen atoms in total. The first kappa shape index (κ1) is 16.8. The predicted octanol–water partition coefficient (Wildman–Crippen LogP) is 2.16. The Morgan fingerprint density at radius 1 is 1.20 bits per heavy atom. The monoisotopic (exact) mass is 348 g/mol. The number of hydrogen-bond acceptors (Lipinski definition) is 6. The van der Waals surface area contributed by atoms with Crippen molar-refractivity contribution in [1.82, 2.24) is 15.5 Å². The van der Waals surface area contributed by atoms with Gasteiger partial charge in [-0.1, -0.05) is 11.5 Å². The zero-order valence-corrected chi connectivity index (χ0v) is 14.9. The van der Waals surface area contributed by atoms with Gasteiger partial charge in [-0.25, -0.2) is 0 Å². The second-order valence-corrected chi connectivity index (χ2v) is 8.42. The number of amides is 1. The number of aromatic nitrogens is 2. The van der Waals surface area contributed by atoms with E-state index < -0.39 is 5.41 Å². The van der Waals surface area contributed by atoms with Crippen LogP contribution in [-0.2, 0) is 4.79 Å². The third-order valence-corrected chi connectivity index (χ3v) is 6.69. The highest BCUT2D eigenvalue weighted by atomic mass is 16.4. The van der Waals surface area contributed by atoms with Crippen molar-refractivity contribution in [3.63, 3.8) is 0 Å². The Balaban J connectivity index is 1.22. The van der Waals surface area contributed by atoms with Gasteiger partial charge in [-0.05, 0) is 56.8 Å². The molecule has 0 saturated heterocycles. The lowest BCUT2D eigenvalue weighted by Crippen LogP contribution is -2.54. The molecule has 3 aliphatic carbocycles. The number of carbonyl (C=O) groups excluding carboxylic acids is 1. The smallest absolute Gasteiger partial charge is 0.315 e. The van der Waals surface area contributed by atoms with Crippen LogP contribution in [-0.4, -0.2) is 39.9 Å². The number of anilines is 1. The third-order valence-electron chi connectivity index (χ3n) is 6.69. The lowest BCUT2D eigenvalue weighted by atomic mass is 9.57. The topological polar surface area (TPSA) is 100 Å². The number of nitrogens with one attached hydrogen (secondary N) is 2. The number of aliphatic hydroxyl groups excluding tert-OH is 1. The molecule has 3 fully saturated rings. The van der Waals surface area contributed by atoms with E-state index in [0.29, 0.717) is 23.4 Å². The van der Waals surface area contributed by atoms with Gasteiger partial charge in [0.1, 0.15) is 0 Å². The van der Waals surface area contributed by atoms with Gasteiger partial charge in [0.15, 0.2) is 0 Å². The summed E-state index contributed by atoms with van der Waals surface area (Å²) in [5.74, 6) is 0.655. The minimum Gasteiger partial charge on any atom is -0.408 e. The van der Waals surface area contributed by atoms with Gasteiger partial charge < -0.3 is 20.2 Å². The van der Waals surface area contributed by atoms with E-state index in [1.165, 1.54) is 0 Å². The Morgan fingerprint density at radius 3 is 2.44 bits per heavy atom. The fourth-order valence-electron chi connectivity index (χ4n) is 4.80. The Bertz CT molecular complexity index is 619. The van der Waals surface area contributed by atoms with Crippen molar-refractivity contribution in [3.05, 3.63) is 5.89 Å². The Kier molecular flexibility index (Phi) is 4.22. The van der Waals surface area contributed by atoms with E-state index in [0.717, 1.165) is 57.8 Å². The lowest BCUT2D eigenvalue weighted by molar-refractivity contribution is -0.140. The number of nitrogens with zero attached hydrogens (tertiary/aromatic N) is 2. The first-order valence-electron chi connectivity index (χ1n) is 9.51. The maximum Gasteiger partial charge on any atom is 0.315 e. The summed E-state index contributed by atoms with van der Waals surface area (Å²) in [5, 5.41) is 23.9. The van der Waals surface area contributed by atoms with E-state index in [2.05, 4.69) is 20.8 Å². The van der Waals surface area contributed by atoms with Crippen LogP contribution in [0.3, 0.4) is 0 Å². The highest BCUT2D eigenvalue weighted by Gasteiger charge is 2.48. The van der Waals surface area contributed by atoms with Crippen molar-refractivity contribution in [2.45, 2.75) is 76.8 Å². The first-order valence-corrected chi connectivity index (χ1v) is 9.51. The summed E-state index contributed by atoms with van der Waals surface area (Å²) < 4.78 is 5.38. The molecule has 1 spiro atoms. The first-order chi connectivity index (χ1) is 12.0. The fourth-order valence-corrected chi connectivity index (χ4v) is 4.80. The molecule has 1 aromatic heterocycles. The Hall–Kier alpha value is -1.63. The molecular weight excluding hydrogens is 320 g/mol. The normalized spacial score (nSPS) is 33.4. The molecule has 0 unspecified atom stereocenters. The van der Waals surface area contributed by atoms with Crippen LogP contribution in [0.25, 0.3) is 0 Å². The highest BCUT2D eigenvalue weighted by molar-refractivity contribution is 5.83. The van der Waals surface area contributed by atoms with Crippen LogP contribution in [0.5, 0.6) is 0 Å². The van der Waals surface area contributed by atoms with E-state index >= 15 is 0 Å². The molecule has 0 radical (unpaired) electrons. The molecule has 3 aliphatic rings. The maximum absolute atomic E-state index is 12.4. The van der Waals surface area contributed by atoms with Crippen LogP contribution in [0.1, 0.15) is 63.7 Å². The molecule has 0 bridgehead atoms. The molecule has 0 aliphatic heterocycles. The zero-order valence-electron chi connectivity index (χ0n) is 14.9. The number of rotatable bonds is 5. The van der Waals surface area contributed by atoms with Crippen molar-refractivity contribution < 1.29 is 14.3 Å².